The maximum Gasteiger partial charge on any atom is 0.155 e. The fourth-order valence-corrected chi connectivity index (χ4v) is 3.77. The summed E-state index contributed by atoms with van der Waals surface area (Å²) in [6.45, 7) is 7.34. The number of alkyl halides is 1. The van der Waals surface area contributed by atoms with Crippen molar-refractivity contribution in [2.24, 2.45) is 0 Å². The number of hydrogen-bond acceptors (Lipinski definition) is 2. The molecule has 19 heavy (non-hydrogen) atoms. The molecule has 0 aliphatic heterocycles. The molecule has 1 rings (SSSR count). The summed E-state index contributed by atoms with van der Waals surface area (Å²) >= 11 is 3.50. The predicted molar refractivity (Wildman–Crippen MR) is 85.9 cm³/mol. The summed E-state index contributed by atoms with van der Waals surface area (Å²) in [5.74, 6) is 0.484. The molecule has 0 saturated carbocycles. The van der Waals surface area contributed by atoms with Gasteiger partial charge in [0.05, 0.1) is 10.5 Å². The normalized spacial score (nSPS) is 14.4. The quantitative estimate of drug-likeness (QED) is 0.752. The maximum absolute atomic E-state index is 12.2. The Bertz CT molecular complexity index is 515. The van der Waals surface area contributed by atoms with Crippen molar-refractivity contribution in [1.82, 2.24) is 0 Å². The minimum Gasteiger partial charge on any atom is -0.228 e. The maximum atomic E-state index is 12.2. The predicted octanol–water partition coefficient (Wildman–Crippen LogP) is 4.08. The van der Waals surface area contributed by atoms with Crippen molar-refractivity contribution in [2.45, 2.75) is 44.8 Å². The molecule has 0 aliphatic rings. The van der Waals surface area contributed by atoms with Gasteiger partial charge in [-0.1, -0.05) is 45.8 Å². The number of aryl methyl sites for hydroxylation is 1. The Kier molecular flexibility index (Phi) is 5.63. The van der Waals surface area contributed by atoms with Crippen LogP contribution in [0.3, 0.4) is 0 Å². The van der Waals surface area contributed by atoms with Crippen molar-refractivity contribution < 1.29 is 8.42 Å². The average molecular weight is 347 g/mol. The summed E-state index contributed by atoms with van der Waals surface area (Å²) in [5, 5.41) is 0.788. The molecule has 0 aliphatic carbocycles. The zero-order valence-corrected chi connectivity index (χ0v) is 14.5. The molecule has 0 aromatic heterocycles. The molecule has 4 heteroatoms. The molecule has 2 nitrogen and oxygen atoms in total. The van der Waals surface area contributed by atoms with Crippen LogP contribution in [-0.4, -0.2) is 24.2 Å². The zero-order valence-electron chi connectivity index (χ0n) is 12.1. The van der Waals surface area contributed by atoms with E-state index in [1.54, 1.807) is 20.8 Å². The van der Waals surface area contributed by atoms with E-state index in [0.29, 0.717) is 6.42 Å². The lowest BCUT2D eigenvalue weighted by Gasteiger charge is -2.21. The molecule has 1 aromatic carbocycles. The molecular formula is C15H23BrO2S. The van der Waals surface area contributed by atoms with Gasteiger partial charge in [-0.05, 0) is 45.6 Å². The Labute approximate surface area is 125 Å². The molecule has 0 N–H and O–H groups in total. The smallest absolute Gasteiger partial charge is 0.155 e. The first-order valence-electron chi connectivity index (χ1n) is 6.52. The monoisotopic (exact) mass is 346 g/mol. The summed E-state index contributed by atoms with van der Waals surface area (Å²) in [4.78, 5) is 0. The number of benzene rings is 1. The molecular weight excluding hydrogens is 324 g/mol. The fourth-order valence-electron chi connectivity index (χ4n) is 1.86. The highest BCUT2D eigenvalue weighted by Crippen LogP contribution is 2.26. The molecule has 0 bridgehead atoms. The van der Waals surface area contributed by atoms with Crippen molar-refractivity contribution in [3.8, 4) is 0 Å². The van der Waals surface area contributed by atoms with Gasteiger partial charge >= 0.3 is 0 Å². The molecule has 0 spiro atoms. The van der Waals surface area contributed by atoms with Crippen molar-refractivity contribution in [3.63, 3.8) is 0 Å². The van der Waals surface area contributed by atoms with Crippen LogP contribution in [-0.2, 0) is 9.84 Å². The van der Waals surface area contributed by atoms with E-state index in [-0.39, 0.29) is 11.7 Å². The Balaban J connectivity index is 2.80. The Morgan fingerprint density at radius 1 is 1.26 bits per heavy atom. The minimum absolute atomic E-state index is 0.237. The van der Waals surface area contributed by atoms with Gasteiger partial charge in [-0.15, -0.1) is 0 Å². The van der Waals surface area contributed by atoms with Crippen LogP contribution in [0.25, 0.3) is 0 Å². The summed E-state index contributed by atoms with van der Waals surface area (Å²) in [5.41, 5.74) is 2.42. The molecule has 1 unspecified atom stereocenters. The van der Waals surface area contributed by atoms with Gasteiger partial charge in [0, 0.05) is 5.33 Å². The fraction of sp³-hybridized carbons (Fsp3) is 0.600. The Morgan fingerprint density at radius 2 is 1.89 bits per heavy atom. The first-order chi connectivity index (χ1) is 8.67. The van der Waals surface area contributed by atoms with Gasteiger partial charge in [0.1, 0.15) is 0 Å². The Hall–Kier alpha value is -0.350. The Morgan fingerprint density at radius 3 is 2.37 bits per heavy atom. The van der Waals surface area contributed by atoms with Crippen LogP contribution >= 0.6 is 15.9 Å². The number of sulfone groups is 1. The van der Waals surface area contributed by atoms with Gasteiger partial charge in [0.2, 0.25) is 0 Å². The third-order valence-electron chi connectivity index (χ3n) is 3.37. The third-order valence-corrected chi connectivity index (χ3v) is 6.79. The van der Waals surface area contributed by atoms with Crippen LogP contribution in [0.1, 0.15) is 44.2 Å². The molecule has 0 fully saturated rings. The van der Waals surface area contributed by atoms with E-state index < -0.39 is 14.6 Å². The molecule has 0 heterocycles. The largest absolute Gasteiger partial charge is 0.228 e. The van der Waals surface area contributed by atoms with Crippen molar-refractivity contribution in [3.05, 3.63) is 35.4 Å². The topological polar surface area (TPSA) is 34.1 Å². The molecule has 0 saturated heterocycles. The average Bonchev–Trinajstić information content (AvgIpc) is 2.28. The van der Waals surface area contributed by atoms with Gasteiger partial charge in [0.15, 0.2) is 9.84 Å². The van der Waals surface area contributed by atoms with E-state index in [4.69, 9.17) is 0 Å². The third kappa shape index (κ3) is 4.60. The number of rotatable bonds is 5. The number of hydrogen-bond donors (Lipinski definition) is 0. The lowest BCUT2D eigenvalue weighted by atomic mass is 9.97. The van der Waals surface area contributed by atoms with Gasteiger partial charge < -0.3 is 0 Å². The van der Waals surface area contributed by atoms with Crippen LogP contribution in [0, 0.1) is 6.92 Å². The van der Waals surface area contributed by atoms with E-state index >= 15 is 0 Å². The minimum atomic E-state index is -3.04. The standard InChI is InChI=1S/C15H23BrO2S/c1-12-6-5-7-13(10-12)14(11-16)8-9-19(17,18)15(2,3)4/h5-7,10,14H,8-9,11H2,1-4H3. The van der Waals surface area contributed by atoms with E-state index in [1.165, 1.54) is 11.1 Å². The highest BCUT2D eigenvalue weighted by Gasteiger charge is 2.29. The van der Waals surface area contributed by atoms with Crippen LogP contribution in [0.2, 0.25) is 0 Å². The van der Waals surface area contributed by atoms with Crippen LogP contribution in [0.5, 0.6) is 0 Å². The molecule has 1 atom stereocenters. The second-order valence-corrected chi connectivity index (χ2v) is 9.50. The van der Waals surface area contributed by atoms with E-state index in [9.17, 15) is 8.42 Å². The second kappa shape index (κ2) is 6.40. The molecule has 1 aromatic rings. The van der Waals surface area contributed by atoms with Crippen molar-refractivity contribution in [2.75, 3.05) is 11.1 Å². The summed E-state index contributed by atoms with van der Waals surface area (Å²) < 4.78 is 23.6. The van der Waals surface area contributed by atoms with Crippen molar-refractivity contribution in [1.29, 1.82) is 0 Å². The van der Waals surface area contributed by atoms with E-state index in [2.05, 4.69) is 41.1 Å². The van der Waals surface area contributed by atoms with Crippen LogP contribution in [0.15, 0.2) is 24.3 Å². The summed E-state index contributed by atoms with van der Waals surface area (Å²) in [6.07, 6.45) is 0.661. The van der Waals surface area contributed by atoms with Gasteiger partial charge in [-0.25, -0.2) is 8.42 Å². The zero-order chi connectivity index (χ0) is 14.7. The lowest BCUT2D eigenvalue weighted by Crippen LogP contribution is -2.31. The van der Waals surface area contributed by atoms with E-state index in [0.717, 1.165) is 5.33 Å². The van der Waals surface area contributed by atoms with Crippen LogP contribution < -0.4 is 0 Å². The van der Waals surface area contributed by atoms with Gasteiger partial charge in [-0.2, -0.15) is 0 Å². The SMILES string of the molecule is Cc1cccc(C(CBr)CCS(=O)(=O)C(C)(C)C)c1. The lowest BCUT2D eigenvalue weighted by molar-refractivity contribution is 0.554. The van der Waals surface area contributed by atoms with Crippen LogP contribution in [0.4, 0.5) is 0 Å². The van der Waals surface area contributed by atoms with Crippen molar-refractivity contribution >= 4 is 25.8 Å². The first-order valence-corrected chi connectivity index (χ1v) is 9.29. The molecule has 0 amide bonds. The summed E-state index contributed by atoms with van der Waals surface area (Å²) in [6, 6.07) is 8.29. The number of halogens is 1. The highest BCUT2D eigenvalue weighted by atomic mass is 79.9. The van der Waals surface area contributed by atoms with E-state index in [1.807, 2.05) is 6.07 Å². The molecule has 0 radical (unpaired) electrons. The summed E-state index contributed by atoms with van der Waals surface area (Å²) in [7, 11) is -3.04. The molecule has 108 valence electrons. The highest BCUT2D eigenvalue weighted by molar-refractivity contribution is 9.09. The van der Waals surface area contributed by atoms with Gasteiger partial charge in [-0.3, -0.25) is 0 Å². The first kappa shape index (κ1) is 16.7. The van der Waals surface area contributed by atoms with Gasteiger partial charge in [0.25, 0.3) is 0 Å². The second-order valence-electron chi connectivity index (χ2n) is 5.99.